The summed E-state index contributed by atoms with van der Waals surface area (Å²) in [5.74, 6) is 1.51. The van der Waals surface area contributed by atoms with E-state index in [0.717, 1.165) is 24.1 Å². The molecule has 2 rings (SSSR count). The Morgan fingerprint density at radius 3 is 3.00 bits per heavy atom. The molecule has 0 bridgehead atoms. The summed E-state index contributed by atoms with van der Waals surface area (Å²) < 4.78 is 0. The lowest BCUT2D eigenvalue weighted by atomic mass is 10.1. The highest BCUT2D eigenvalue weighted by atomic mass is 16.1. The van der Waals surface area contributed by atoms with E-state index >= 15 is 0 Å². The van der Waals surface area contributed by atoms with E-state index in [0.29, 0.717) is 12.2 Å². The van der Waals surface area contributed by atoms with E-state index < -0.39 is 0 Å². The third-order valence-corrected chi connectivity index (χ3v) is 3.73. The number of nitrogens with one attached hydrogen (secondary N) is 2. The van der Waals surface area contributed by atoms with Gasteiger partial charge in [0.15, 0.2) is 0 Å². The van der Waals surface area contributed by atoms with Gasteiger partial charge in [0.2, 0.25) is 0 Å². The van der Waals surface area contributed by atoms with Crippen molar-refractivity contribution in [1.29, 1.82) is 0 Å². The number of carbonyl (C=O) groups is 1. The van der Waals surface area contributed by atoms with Crippen molar-refractivity contribution >= 4 is 11.6 Å². The van der Waals surface area contributed by atoms with Gasteiger partial charge in [0, 0.05) is 25.0 Å². The Labute approximate surface area is 115 Å². The molecule has 2 atom stereocenters. The second kappa shape index (κ2) is 6.55. The fourth-order valence-electron chi connectivity index (χ4n) is 2.69. The SMILES string of the molecule is CCNC(=O)c1cc(NCC2CCC(C)C2)ccn1. The largest absolute Gasteiger partial charge is 0.385 e. The van der Waals surface area contributed by atoms with E-state index in [2.05, 4.69) is 22.5 Å². The number of carbonyl (C=O) groups excluding carboxylic acids is 1. The van der Waals surface area contributed by atoms with Crippen LogP contribution in [0.5, 0.6) is 0 Å². The molecule has 0 spiro atoms. The summed E-state index contributed by atoms with van der Waals surface area (Å²) in [5.41, 5.74) is 1.46. The third kappa shape index (κ3) is 3.94. The first-order valence-electron chi connectivity index (χ1n) is 7.17. The Balaban J connectivity index is 1.90. The van der Waals surface area contributed by atoms with Crippen molar-refractivity contribution in [2.24, 2.45) is 11.8 Å². The topological polar surface area (TPSA) is 54.0 Å². The first kappa shape index (κ1) is 13.8. The summed E-state index contributed by atoms with van der Waals surface area (Å²) in [5, 5.41) is 6.19. The Hall–Kier alpha value is -1.58. The van der Waals surface area contributed by atoms with Crippen LogP contribution in [0.1, 0.15) is 43.6 Å². The number of nitrogens with zero attached hydrogens (tertiary/aromatic N) is 1. The van der Waals surface area contributed by atoms with Crippen molar-refractivity contribution in [2.75, 3.05) is 18.4 Å². The van der Waals surface area contributed by atoms with Gasteiger partial charge in [-0.1, -0.05) is 13.3 Å². The van der Waals surface area contributed by atoms with Crippen molar-refractivity contribution < 1.29 is 4.79 Å². The Kier molecular flexibility index (Phi) is 4.77. The smallest absolute Gasteiger partial charge is 0.269 e. The molecule has 1 aliphatic rings. The zero-order valence-electron chi connectivity index (χ0n) is 11.8. The fraction of sp³-hybridized carbons (Fsp3) is 0.600. The lowest BCUT2D eigenvalue weighted by Crippen LogP contribution is -2.23. The average Bonchev–Trinajstić information content (AvgIpc) is 2.83. The van der Waals surface area contributed by atoms with E-state index in [1.807, 2.05) is 19.1 Å². The summed E-state index contributed by atoms with van der Waals surface area (Å²) in [7, 11) is 0. The zero-order chi connectivity index (χ0) is 13.7. The van der Waals surface area contributed by atoms with E-state index in [-0.39, 0.29) is 5.91 Å². The molecule has 0 radical (unpaired) electrons. The molecule has 1 heterocycles. The average molecular weight is 261 g/mol. The number of hydrogen-bond donors (Lipinski definition) is 2. The van der Waals surface area contributed by atoms with Crippen molar-refractivity contribution in [1.82, 2.24) is 10.3 Å². The second-order valence-corrected chi connectivity index (χ2v) is 5.45. The Morgan fingerprint density at radius 1 is 1.47 bits per heavy atom. The molecule has 0 aromatic carbocycles. The number of pyridine rings is 1. The van der Waals surface area contributed by atoms with Crippen LogP contribution in [0.15, 0.2) is 18.3 Å². The Bertz CT molecular complexity index is 433. The van der Waals surface area contributed by atoms with Crippen LogP contribution < -0.4 is 10.6 Å². The molecule has 2 N–H and O–H groups in total. The maximum Gasteiger partial charge on any atom is 0.269 e. The van der Waals surface area contributed by atoms with Gasteiger partial charge in [-0.05, 0) is 43.7 Å². The highest BCUT2D eigenvalue weighted by Crippen LogP contribution is 2.30. The molecule has 19 heavy (non-hydrogen) atoms. The van der Waals surface area contributed by atoms with E-state index in [9.17, 15) is 4.79 Å². The summed E-state index contributed by atoms with van der Waals surface area (Å²) in [6, 6.07) is 3.74. The lowest BCUT2D eigenvalue weighted by molar-refractivity contribution is 0.0951. The molecule has 0 aliphatic heterocycles. The molecular formula is C15H23N3O. The van der Waals surface area contributed by atoms with E-state index in [1.54, 1.807) is 6.20 Å². The molecule has 4 nitrogen and oxygen atoms in total. The normalized spacial score (nSPS) is 22.2. The summed E-state index contributed by atoms with van der Waals surface area (Å²) in [6.07, 6.45) is 5.64. The van der Waals surface area contributed by atoms with Crippen molar-refractivity contribution in [3.05, 3.63) is 24.0 Å². The molecule has 1 fully saturated rings. The van der Waals surface area contributed by atoms with Gasteiger partial charge in [-0.2, -0.15) is 0 Å². The van der Waals surface area contributed by atoms with Crippen LogP contribution in [0, 0.1) is 11.8 Å². The van der Waals surface area contributed by atoms with Gasteiger partial charge >= 0.3 is 0 Å². The molecule has 4 heteroatoms. The summed E-state index contributed by atoms with van der Waals surface area (Å²) >= 11 is 0. The molecule has 1 amide bonds. The minimum atomic E-state index is -0.111. The summed E-state index contributed by atoms with van der Waals surface area (Å²) in [4.78, 5) is 15.8. The van der Waals surface area contributed by atoms with Crippen LogP contribution in [0.4, 0.5) is 5.69 Å². The van der Waals surface area contributed by atoms with Gasteiger partial charge in [-0.25, -0.2) is 0 Å². The molecular weight excluding hydrogens is 238 g/mol. The third-order valence-electron chi connectivity index (χ3n) is 3.73. The minimum absolute atomic E-state index is 0.111. The number of amides is 1. The monoisotopic (exact) mass is 261 g/mol. The number of anilines is 1. The van der Waals surface area contributed by atoms with Crippen LogP contribution in [-0.4, -0.2) is 24.0 Å². The molecule has 0 saturated heterocycles. The van der Waals surface area contributed by atoms with Gasteiger partial charge < -0.3 is 10.6 Å². The molecule has 1 aliphatic carbocycles. The van der Waals surface area contributed by atoms with E-state index in [4.69, 9.17) is 0 Å². The number of rotatable bonds is 5. The fourth-order valence-corrected chi connectivity index (χ4v) is 2.69. The number of aromatic nitrogens is 1. The number of hydrogen-bond acceptors (Lipinski definition) is 3. The molecule has 1 saturated carbocycles. The summed E-state index contributed by atoms with van der Waals surface area (Å²) in [6.45, 7) is 5.84. The van der Waals surface area contributed by atoms with Crippen LogP contribution in [0.25, 0.3) is 0 Å². The van der Waals surface area contributed by atoms with Crippen LogP contribution in [0.3, 0.4) is 0 Å². The van der Waals surface area contributed by atoms with Gasteiger partial charge in [0.1, 0.15) is 5.69 Å². The van der Waals surface area contributed by atoms with Gasteiger partial charge in [0.05, 0.1) is 0 Å². The Morgan fingerprint density at radius 2 is 2.32 bits per heavy atom. The maximum atomic E-state index is 11.7. The van der Waals surface area contributed by atoms with Crippen molar-refractivity contribution in [3.63, 3.8) is 0 Å². The quantitative estimate of drug-likeness (QED) is 0.857. The lowest BCUT2D eigenvalue weighted by Gasteiger charge is -2.12. The van der Waals surface area contributed by atoms with Crippen molar-refractivity contribution in [2.45, 2.75) is 33.1 Å². The predicted octanol–water partition coefficient (Wildman–Crippen LogP) is 2.68. The van der Waals surface area contributed by atoms with Crippen LogP contribution in [-0.2, 0) is 0 Å². The zero-order valence-corrected chi connectivity index (χ0v) is 11.8. The predicted molar refractivity (Wildman–Crippen MR) is 77.2 cm³/mol. The second-order valence-electron chi connectivity index (χ2n) is 5.45. The molecule has 1 aromatic rings. The van der Waals surface area contributed by atoms with Crippen LogP contribution in [0.2, 0.25) is 0 Å². The highest BCUT2D eigenvalue weighted by Gasteiger charge is 2.20. The highest BCUT2D eigenvalue weighted by molar-refractivity contribution is 5.93. The van der Waals surface area contributed by atoms with Gasteiger partial charge in [0.25, 0.3) is 5.91 Å². The molecule has 1 aromatic heterocycles. The van der Waals surface area contributed by atoms with Gasteiger partial charge in [-0.15, -0.1) is 0 Å². The van der Waals surface area contributed by atoms with Gasteiger partial charge in [-0.3, -0.25) is 9.78 Å². The molecule has 104 valence electrons. The first-order valence-corrected chi connectivity index (χ1v) is 7.17. The first-order chi connectivity index (χ1) is 9.19. The molecule has 2 unspecified atom stereocenters. The van der Waals surface area contributed by atoms with Crippen LogP contribution >= 0.6 is 0 Å². The van der Waals surface area contributed by atoms with Crippen molar-refractivity contribution in [3.8, 4) is 0 Å². The standard InChI is InChI=1S/C15H23N3O/c1-3-16-15(19)14-9-13(6-7-17-14)18-10-12-5-4-11(2)8-12/h6-7,9,11-12H,3-5,8,10H2,1-2H3,(H,16,19)(H,17,18). The minimum Gasteiger partial charge on any atom is -0.385 e. The maximum absolute atomic E-state index is 11.7. The van der Waals surface area contributed by atoms with E-state index in [1.165, 1.54) is 19.3 Å².